The third-order valence-corrected chi connectivity index (χ3v) is 9.61. The summed E-state index contributed by atoms with van der Waals surface area (Å²) in [7, 11) is -1.86. The molecule has 0 aliphatic heterocycles. The van der Waals surface area contributed by atoms with Gasteiger partial charge in [-0.3, -0.25) is 9.78 Å². The second-order valence-electron chi connectivity index (χ2n) is 7.87. The topological polar surface area (TPSA) is 39.2 Å². The normalized spacial score (nSPS) is 14.0. The molecule has 0 aliphatic rings. The van der Waals surface area contributed by atoms with Crippen molar-refractivity contribution in [2.75, 3.05) is 6.61 Å². The van der Waals surface area contributed by atoms with E-state index in [2.05, 4.69) is 38.8 Å². The van der Waals surface area contributed by atoms with Gasteiger partial charge in [-0.05, 0) is 41.2 Å². The Kier molecular flexibility index (Phi) is 5.25. The molecule has 0 aliphatic carbocycles. The number of carbonyl (C=O) groups excluding carboxylic acids is 1. The molecule has 0 spiro atoms. The molecule has 1 aromatic carbocycles. The number of carbonyl (C=O) groups is 1. The van der Waals surface area contributed by atoms with Gasteiger partial charge in [0.1, 0.15) is 5.82 Å². The van der Waals surface area contributed by atoms with Gasteiger partial charge < -0.3 is 4.43 Å². The van der Waals surface area contributed by atoms with Crippen LogP contribution in [0.4, 0.5) is 4.39 Å². The van der Waals surface area contributed by atoms with Gasteiger partial charge in [-0.2, -0.15) is 0 Å². The van der Waals surface area contributed by atoms with Crippen LogP contribution in [0.15, 0.2) is 24.5 Å². The minimum atomic E-state index is -1.86. The predicted molar refractivity (Wildman–Crippen MR) is 98.7 cm³/mol. The number of aldehydes is 1. The maximum absolute atomic E-state index is 14.3. The Morgan fingerprint density at radius 3 is 2.58 bits per heavy atom. The largest absolute Gasteiger partial charge is 0.416 e. The molecule has 24 heavy (non-hydrogen) atoms. The van der Waals surface area contributed by atoms with Crippen molar-refractivity contribution in [3.63, 3.8) is 0 Å². The van der Waals surface area contributed by atoms with Crippen LogP contribution < -0.4 is 0 Å². The molecule has 2 rings (SSSR count). The first-order valence-electron chi connectivity index (χ1n) is 8.23. The van der Waals surface area contributed by atoms with Gasteiger partial charge in [0.25, 0.3) is 0 Å². The Labute approximate surface area is 144 Å². The van der Waals surface area contributed by atoms with E-state index in [1.807, 2.05) is 6.92 Å². The average Bonchev–Trinajstić information content (AvgIpc) is 2.51. The molecule has 2 aromatic rings. The highest BCUT2D eigenvalue weighted by molar-refractivity contribution is 6.74. The summed E-state index contributed by atoms with van der Waals surface area (Å²) in [4.78, 5) is 15.3. The lowest BCUT2D eigenvalue weighted by atomic mass is 9.94. The molecule has 1 atom stereocenters. The van der Waals surface area contributed by atoms with Crippen LogP contribution >= 0.6 is 0 Å². The quantitative estimate of drug-likeness (QED) is 0.543. The number of pyridine rings is 1. The Bertz CT molecular complexity index is 753. The zero-order chi connectivity index (χ0) is 18.1. The van der Waals surface area contributed by atoms with Crippen LogP contribution in [0, 0.1) is 5.82 Å². The molecule has 0 saturated carbocycles. The fraction of sp³-hybridized carbons (Fsp3) is 0.474. The lowest BCUT2D eigenvalue weighted by Crippen LogP contribution is -2.41. The molecule has 0 radical (unpaired) electrons. The zero-order valence-electron chi connectivity index (χ0n) is 15.3. The molecular weight excluding hydrogens is 321 g/mol. The highest BCUT2D eigenvalue weighted by Crippen LogP contribution is 2.38. The molecule has 0 bridgehead atoms. The van der Waals surface area contributed by atoms with Crippen molar-refractivity contribution in [2.45, 2.75) is 51.7 Å². The van der Waals surface area contributed by atoms with Gasteiger partial charge in [-0.1, -0.05) is 27.7 Å². The van der Waals surface area contributed by atoms with E-state index in [4.69, 9.17) is 4.43 Å². The van der Waals surface area contributed by atoms with E-state index >= 15 is 0 Å². The van der Waals surface area contributed by atoms with E-state index in [0.29, 0.717) is 18.3 Å². The summed E-state index contributed by atoms with van der Waals surface area (Å²) in [6.45, 7) is 13.5. The van der Waals surface area contributed by atoms with Crippen molar-refractivity contribution in [3.05, 3.63) is 41.5 Å². The molecular formula is C19H26FNO2Si. The van der Waals surface area contributed by atoms with E-state index in [1.165, 1.54) is 6.07 Å². The number of rotatable bonds is 5. The van der Waals surface area contributed by atoms with Gasteiger partial charge in [0.15, 0.2) is 14.6 Å². The van der Waals surface area contributed by atoms with Crippen LogP contribution in [-0.4, -0.2) is 26.2 Å². The van der Waals surface area contributed by atoms with E-state index in [-0.39, 0.29) is 16.5 Å². The zero-order valence-corrected chi connectivity index (χ0v) is 16.3. The summed E-state index contributed by atoms with van der Waals surface area (Å²) in [5.41, 5.74) is 0.925. The summed E-state index contributed by atoms with van der Waals surface area (Å²) in [5.74, 6) is -0.473. The third-order valence-electron chi connectivity index (χ3n) is 5.11. The number of hydrogen-bond acceptors (Lipinski definition) is 3. The van der Waals surface area contributed by atoms with Crippen molar-refractivity contribution < 1.29 is 13.6 Å². The Balaban J connectivity index is 2.37. The van der Waals surface area contributed by atoms with Crippen LogP contribution in [0.3, 0.4) is 0 Å². The first-order valence-corrected chi connectivity index (χ1v) is 11.1. The number of hydrogen-bond donors (Lipinski definition) is 0. The number of nitrogens with zero attached hydrogens (tertiary/aromatic N) is 1. The van der Waals surface area contributed by atoms with Gasteiger partial charge >= 0.3 is 0 Å². The monoisotopic (exact) mass is 347 g/mol. The summed E-state index contributed by atoms with van der Waals surface area (Å²) in [5, 5.41) is 1.55. The maximum atomic E-state index is 14.3. The number of benzene rings is 1. The Morgan fingerprint density at radius 2 is 2.00 bits per heavy atom. The Morgan fingerprint density at radius 1 is 1.33 bits per heavy atom. The first-order chi connectivity index (χ1) is 11.1. The second-order valence-corrected chi connectivity index (χ2v) is 12.7. The van der Waals surface area contributed by atoms with Crippen molar-refractivity contribution in [3.8, 4) is 0 Å². The first kappa shape index (κ1) is 18.7. The SMILES string of the molecule is CC(CO[Si](C)(C)C(C)(C)C)c1cc(F)c(C=O)c2ccncc12. The summed E-state index contributed by atoms with van der Waals surface area (Å²) < 4.78 is 20.6. The third kappa shape index (κ3) is 3.57. The van der Waals surface area contributed by atoms with Gasteiger partial charge in [0, 0.05) is 30.3 Å². The molecule has 0 N–H and O–H groups in total. The number of fused-ring (bicyclic) bond motifs is 1. The summed E-state index contributed by atoms with van der Waals surface area (Å²) in [6, 6.07) is 3.14. The molecule has 0 saturated heterocycles. The molecule has 1 aromatic heterocycles. The van der Waals surface area contributed by atoms with Gasteiger partial charge in [-0.25, -0.2) is 4.39 Å². The van der Waals surface area contributed by atoms with Crippen LogP contribution in [0.1, 0.15) is 49.5 Å². The van der Waals surface area contributed by atoms with Gasteiger partial charge in [0.05, 0.1) is 5.56 Å². The van der Waals surface area contributed by atoms with Crippen molar-refractivity contribution in [1.82, 2.24) is 4.98 Å². The van der Waals surface area contributed by atoms with Crippen LogP contribution in [0.2, 0.25) is 18.1 Å². The average molecular weight is 348 g/mol. The molecule has 0 amide bonds. The fourth-order valence-electron chi connectivity index (χ4n) is 2.45. The van der Waals surface area contributed by atoms with E-state index in [9.17, 15) is 9.18 Å². The van der Waals surface area contributed by atoms with Crippen molar-refractivity contribution >= 4 is 25.4 Å². The minimum Gasteiger partial charge on any atom is -0.416 e. The lowest BCUT2D eigenvalue weighted by molar-refractivity contribution is 0.112. The van der Waals surface area contributed by atoms with E-state index in [0.717, 1.165) is 10.9 Å². The molecule has 5 heteroatoms. The van der Waals surface area contributed by atoms with Crippen LogP contribution in [0.25, 0.3) is 10.8 Å². The number of halogens is 1. The van der Waals surface area contributed by atoms with Gasteiger partial charge in [-0.15, -0.1) is 0 Å². The summed E-state index contributed by atoms with van der Waals surface area (Å²) in [6.07, 6.45) is 3.84. The number of aromatic nitrogens is 1. The summed E-state index contributed by atoms with van der Waals surface area (Å²) >= 11 is 0. The van der Waals surface area contributed by atoms with Crippen LogP contribution in [0.5, 0.6) is 0 Å². The molecule has 1 heterocycles. The lowest BCUT2D eigenvalue weighted by Gasteiger charge is -2.37. The second kappa shape index (κ2) is 6.73. The van der Waals surface area contributed by atoms with E-state index < -0.39 is 14.1 Å². The molecule has 0 fully saturated rings. The Hall–Kier alpha value is -1.59. The highest BCUT2D eigenvalue weighted by atomic mass is 28.4. The fourth-order valence-corrected chi connectivity index (χ4v) is 3.55. The maximum Gasteiger partial charge on any atom is 0.192 e. The molecule has 130 valence electrons. The van der Waals surface area contributed by atoms with Crippen molar-refractivity contribution in [2.24, 2.45) is 0 Å². The molecule has 3 nitrogen and oxygen atoms in total. The minimum absolute atomic E-state index is 0.0148. The van der Waals surface area contributed by atoms with Gasteiger partial charge in [0.2, 0.25) is 0 Å². The highest BCUT2D eigenvalue weighted by Gasteiger charge is 2.37. The standard InChI is InChI=1S/C19H26FNO2Si/c1-13(12-23-24(5,6)19(2,3)4)15-9-18(20)17(11-22)14-7-8-21-10-16(14)15/h7-11,13H,12H2,1-6H3. The van der Waals surface area contributed by atoms with E-state index in [1.54, 1.807) is 18.5 Å². The smallest absolute Gasteiger partial charge is 0.192 e. The predicted octanol–water partition coefficient (Wildman–Crippen LogP) is 5.31. The molecule has 1 unspecified atom stereocenters. The van der Waals surface area contributed by atoms with Crippen LogP contribution in [-0.2, 0) is 4.43 Å². The van der Waals surface area contributed by atoms with Crippen molar-refractivity contribution in [1.29, 1.82) is 0 Å².